The van der Waals surface area contributed by atoms with Crippen molar-refractivity contribution in [1.82, 2.24) is 15.5 Å². The Morgan fingerprint density at radius 3 is 2.53 bits per heavy atom. The fraction of sp³-hybridized carbons (Fsp3) is 0.417. The van der Waals surface area contributed by atoms with Crippen LogP contribution in [-0.2, 0) is 19.5 Å². The van der Waals surface area contributed by atoms with Crippen LogP contribution in [0.15, 0.2) is 47.5 Å². The summed E-state index contributed by atoms with van der Waals surface area (Å²) < 4.78 is 0. The molecule has 0 unspecified atom stereocenters. The molecule has 1 amide bonds. The molecular formula is C24H33N5O. The highest BCUT2D eigenvalue weighted by Gasteiger charge is 2.13. The summed E-state index contributed by atoms with van der Waals surface area (Å²) in [5.74, 6) is 0.807. The molecule has 0 atom stereocenters. The Kier molecular flexibility index (Phi) is 7.33. The van der Waals surface area contributed by atoms with Gasteiger partial charge in [-0.2, -0.15) is 0 Å². The molecule has 3 rings (SSSR count). The minimum atomic E-state index is 0.0145. The average molecular weight is 408 g/mol. The molecule has 0 bridgehead atoms. The number of carbonyl (C=O) groups is 1. The average Bonchev–Trinajstić information content (AvgIpc) is 2.75. The van der Waals surface area contributed by atoms with Crippen molar-refractivity contribution >= 4 is 17.6 Å². The van der Waals surface area contributed by atoms with E-state index in [-0.39, 0.29) is 5.91 Å². The van der Waals surface area contributed by atoms with Gasteiger partial charge in [-0.1, -0.05) is 24.3 Å². The van der Waals surface area contributed by atoms with Crippen LogP contribution in [0.1, 0.15) is 40.4 Å². The summed E-state index contributed by atoms with van der Waals surface area (Å²) in [6.45, 7) is 5.29. The lowest BCUT2D eigenvalue weighted by atomic mass is 10.00. The first-order chi connectivity index (χ1) is 14.5. The second-order valence-electron chi connectivity index (χ2n) is 7.93. The third kappa shape index (κ3) is 5.53. The summed E-state index contributed by atoms with van der Waals surface area (Å²) in [5.41, 5.74) is 5.79. The van der Waals surface area contributed by atoms with Gasteiger partial charge in [-0.05, 0) is 54.7 Å². The molecule has 0 saturated heterocycles. The van der Waals surface area contributed by atoms with Crippen LogP contribution in [0.3, 0.4) is 0 Å². The quantitative estimate of drug-likeness (QED) is 0.571. The van der Waals surface area contributed by atoms with E-state index in [2.05, 4.69) is 47.7 Å². The number of anilines is 1. The predicted octanol–water partition coefficient (Wildman–Crippen LogP) is 3.03. The number of nitrogens with zero attached hydrogens (tertiary/aromatic N) is 3. The Balaban J connectivity index is 1.61. The lowest BCUT2D eigenvalue weighted by Crippen LogP contribution is -2.36. The van der Waals surface area contributed by atoms with Gasteiger partial charge in [0.2, 0.25) is 0 Å². The zero-order valence-corrected chi connectivity index (χ0v) is 18.5. The summed E-state index contributed by atoms with van der Waals surface area (Å²) in [5, 5.41) is 6.69. The summed E-state index contributed by atoms with van der Waals surface area (Å²) >= 11 is 0. The van der Waals surface area contributed by atoms with Crippen LogP contribution in [-0.4, -0.2) is 51.0 Å². The molecule has 0 fully saturated rings. The lowest BCUT2D eigenvalue weighted by Gasteiger charge is -2.27. The lowest BCUT2D eigenvalue weighted by molar-refractivity contribution is 0.0827. The zero-order chi connectivity index (χ0) is 21.5. The standard InChI is InChI=1S/C24H33N5O/c1-5-25-24(26-16-18-8-11-20(12-9-18)23(30)28(2)3)27-17-19-10-13-22-21(15-19)7-6-14-29(22)4/h8-13,15H,5-7,14,16-17H2,1-4H3,(H2,25,26,27). The van der Waals surface area contributed by atoms with Gasteiger partial charge in [0.25, 0.3) is 5.91 Å². The Labute approximate surface area is 180 Å². The first-order valence-corrected chi connectivity index (χ1v) is 10.6. The number of aliphatic imine (C=N–C) groups is 1. The number of hydrogen-bond donors (Lipinski definition) is 2. The fourth-order valence-corrected chi connectivity index (χ4v) is 3.66. The van der Waals surface area contributed by atoms with E-state index in [0.29, 0.717) is 18.7 Å². The summed E-state index contributed by atoms with van der Waals surface area (Å²) in [6.07, 6.45) is 2.35. The van der Waals surface area contributed by atoms with Crippen LogP contribution in [0.25, 0.3) is 0 Å². The van der Waals surface area contributed by atoms with Crippen molar-refractivity contribution in [2.75, 3.05) is 39.1 Å². The topological polar surface area (TPSA) is 60.0 Å². The molecule has 2 aromatic carbocycles. The number of benzene rings is 2. The number of nitrogens with one attached hydrogen (secondary N) is 2. The Bertz CT molecular complexity index is 889. The molecule has 2 N–H and O–H groups in total. The minimum absolute atomic E-state index is 0.0145. The van der Waals surface area contributed by atoms with Crippen LogP contribution in [0, 0.1) is 0 Å². The third-order valence-corrected chi connectivity index (χ3v) is 5.33. The zero-order valence-electron chi connectivity index (χ0n) is 18.5. The molecule has 1 aliphatic heterocycles. The monoisotopic (exact) mass is 407 g/mol. The van der Waals surface area contributed by atoms with Crippen LogP contribution in [0.5, 0.6) is 0 Å². The van der Waals surface area contributed by atoms with Crippen LogP contribution in [0.4, 0.5) is 5.69 Å². The molecule has 6 heteroatoms. The first kappa shape index (κ1) is 21.7. The van der Waals surface area contributed by atoms with Gasteiger partial charge in [0.05, 0.1) is 6.54 Å². The van der Waals surface area contributed by atoms with Crippen molar-refractivity contribution < 1.29 is 4.79 Å². The SMILES string of the molecule is CCNC(=NCc1ccc2c(c1)CCCN2C)NCc1ccc(C(=O)N(C)C)cc1. The van der Waals surface area contributed by atoms with Gasteiger partial charge in [0.15, 0.2) is 5.96 Å². The maximum Gasteiger partial charge on any atom is 0.253 e. The summed E-state index contributed by atoms with van der Waals surface area (Å²) in [7, 11) is 5.68. The molecule has 1 heterocycles. The molecule has 0 spiro atoms. The van der Waals surface area contributed by atoms with Gasteiger partial charge in [-0.15, -0.1) is 0 Å². The molecule has 2 aromatic rings. The number of hydrogen-bond acceptors (Lipinski definition) is 3. The van der Waals surface area contributed by atoms with Gasteiger partial charge in [0, 0.05) is 52.0 Å². The van der Waals surface area contributed by atoms with E-state index in [9.17, 15) is 4.79 Å². The summed E-state index contributed by atoms with van der Waals surface area (Å²) in [6, 6.07) is 14.4. The second kappa shape index (κ2) is 10.1. The molecule has 160 valence electrons. The van der Waals surface area contributed by atoms with Crippen molar-refractivity contribution in [3.05, 3.63) is 64.7 Å². The third-order valence-electron chi connectivity index (χ3n) is 5.33. The highest BCUT2D eigenvalue weighted by molar-refractivity contribution is 5.93. The van der Waals surface area contributed by atoms with Crippen LogP contribution < -0.4 is 15.5 Å². The molecule has 0 radical (unpaired) electrons. The van der Waals surface area contributed by atoms with Gasteiger partial charge in [-0.25, -0.2) is 4.99 Å². The van der Waals surface area contributed by atoms with Gasteiger partial charge in [0.1, 0.15) is 0 Å². The molecule has 0 saturated carbocycles. The van der Waals surface area contributed by atoms with E-state index in [1.165, 1.54) is 23.2 Å². The van der Waals surface area contributed by atoms with Crippen molar-refractivity contribution in [3.8, 4) is 0 Å². The summed E-state index contributed by atoms with van der Waals surface area (Å²) in [4.78, 5) is 20.7. The number of aryl methyl sites for hydroxylation is 1. The normalized spacial score (nSPS) is 13.6. The molecular weight excluding hydrogens is 374 g/mol. The van der Waals surface area contributed by atoms with E-state index in [1.807, 2.05) is 24.3 Å². The largest absolute Gasteiger partial charge is 0.374 e. The molecule has 30 heavy (non-hydrogen) atoms. The van der Waals surface area contributed by atoms with E-state index >= 15 is 0 Å². The fourth-order valence-electron chi connectivity index (χ4n) is 3.66. The van der Waals surface area contributed by atoms with E-state index in [0.717, 1.165) is 31.0 Å². The van der Waals surface area contributed by atoms with Gasteiger partial charge in [-0.3, -0.25) is 4.79 Å². The van der Waals surface area contributed by atoms with Gasteiger partial charge >= 0.3 is 0 Å². The van der Waals surface area contributed by atoms with Gasteiger partial charge < -0.3 is 20.4 Å². The molecule has 0 aliphatic carbocycles. The van der Waals surface area contributed by atoms with Crippen LogP contribution >= 0.6 is 0 Å². The van der Waals surface area contributed by atoms with Crippen molar-refractivity contribution in [2.45, 2.75) is 32.9 Å². The van der Waals surface area contributed by atoms with E-state index in [4.69, 9.17) is 4.99 Å². The van der Waals surface area contributed by atoms with E-state index in [1.54, 1.807) is 19.0 Å². The minimum Gasteiger partial charge on any atom is -0.374 e. The highest BCUT2D eigenvalue weighted by atomic mass is 16.2. The highest BCUT2D eigenvalue weighted by Crippen LogP contribution is 2.26. The molecule has 0 aromatic heterocycles. The predicted molar refractivity (Wildman–Crippen MR) is 124 cm³/mol. The maximum absolute atomic E-state index is 12.0. The van der Waals surface area contributed by atoms with Crippen LogP contribution in [0.2, 0.25) is 0 Å². The number of fused-ring (bicyclic) bond motifs is 1. The first-order valence-electron chi connectivity index (χ1n) is 10.6. The number of rotatable bonds is 6. The van der Waals surface area contributed by atoms with Crippen molar-refractivity contribution in [2.24, 2.45) is 4.99 Å². The molecule has 6 nitrogen and oxygen atoms in total. The Morgan fingerprint density at radius 2 is 1.83 bits per heavy atom. The number of amides is 1. The Hall–Kier alpha value is -3.02. The number of guanidine groups is 1. The second-order valence-corrected chi connectivity index (χ2v) is 7.93. The Morgan fingerprint density at radius 1 is 1.10 bits per heavy atom. The van der Waals surface area contributed by atoms with E-state index < -0.39 is 0 Å². The van der Waals surface area contributed by atoms with Crippen molar-refractivity contribution in [3.63, 3.8) is 0 Å². The smallest absolute Gasteiger partial charge is 0.253 e. The molecule has 1 aliphatic rings. The maximum atomic E-state index is 12.0. The number of carbonyl (C=O) groups excluding carboxylic acids is 1. The van der Waals surface area contributed by atoms with Crippen molar-refractivity contribution in [1.29, 1.82) is 0 Å².